The molecule has 1 aromatic rings. The second-order valence-electron chi connectivity index (χ2n) is 7.02. The van der Waals surface area contributed by atoms with Crippen LogP contribution in [0.4, 0.5) is 0 Å². The molecular formula is C19H27N5O8. The van der Waals surface area contributed by atoms with E-state index in [0.717, 1.165) is 0 Å². The number of carbonyl (C=O) groups is 5. The number of phenolic OH excluding ortho intramolecular Hbond substituents is 1. The SMILES string of the molecule is CC(NC(=O)C(CO)NC(=O)C(N)CC(N)=O)C(=O)NC(Cc1ccc(O)cc1)C(=O)O. The lowest BCUT2D eigenvalue weighted by atomic mass is 10.1. The minimum absolute atomic E-state index is 0.00195. The van der Waals surface area contributed by atoms with Gasteiger partial charge in [-0.1, -0.05) is 12.1 Å². The first-order valence-corrected chi connectivity index (χ1v) is 9.51. The highest BCUT2D eigenvalue weighted by Gasteiger charge is 2.28. The van der Waals surface area contributed by atoms with Crippen LogP contribution in [-0.2, 0) is 30.4 Å². The first-order chi connectivity index (χ1) is 14.9. The second-order valence-corrected chi connectivity index (χ2v) is 7.02. The summed E-state index contributed by atoms with van der Waals surface area (Å²) in [6.07, 6.45) is -0.545. The molecule has 176 valence electrons. The van der Waals surface area contributed by atoms with Gasteiger partial charge in [-0.3, -0.25) is 19.2 Å². The summed E-state index contributed by atoms with van der Waals surface area (Å²) in [6.45, 7) is 0.454. The summed E-state index contributed by atoms with van der Waals surface area (Å²) in [4.78, 5) is 58.8. The van der Waals surface area contributed by atoms with E-state index < -0.39 is 66.8 Å². The van der Waals surface area contributed by atoms with E-state index in [1.807, 2.05) is 0 Å². The Bertz CT molecular complexity index is 845. The third-order valence-corrected chi connectivity index (χ3v) is 4.32. The van der Waals surface area contributed by atoms with Crippen molar-refractivity contribution in [1.82, 2.24) is 16.0 Å². The summed E-state index contributed by atoms with van der Waals surface area (Å²) in [6, 6.07) is 0.422. The number of aliphatic carboxylic acids is 1. The van der Waals surface area contributed by atoms with Gasteiger partial charge < -0.3 is 42.7 Å². The van der Waals surface area contributed by atoms with E-state index in [1.165, 1.54) is 31.2 Å². The van der Waals surface area contributed by atoms with Gasteiger partial charge in [0.05, 0.1) is 19.1 Å². The molecule has 0 radical (unpaired) electrons. The number of primary amides is 1. The van der Waals surface area contributed by atoms with Crippen LogP contribution in [0.15, 0.2) is 24.3 Å². The van der Waals surface area contributed by atoms with Crippen molar-refractivity contribution in [2.45, 2.75) is 43.9 Å². The Morgan fingerprint density at radius 2 is 1.50 bits per heavy atom. The number of aromatic hydroxyl groups is 1. The highest BCUT2D eigenvalue weighted by atomic mass is 16.4. The lowest BCUT2D eigenvalue weighted by Gasteiger charge is -2.22. The Balaban J connectivity index is 2.69. The third-order valence-electron chi connectivity index (χ3n) is 4.32. The zero-order valence-electron chi connectivity index (χ0n) is 17.3. The molecule has 0 saturated carbocycles. The molecule has 0 saturated heterocycles. The Morgan fingerprint density at radius 3 is 2.00 bits per heavy atom. The molecule has 0 aromatic heterocycles. The Kier molecular flexibility index (Phi) is 10.1. The molecule has 0 fully saturated rings. The van der Waals surface area contributed by atoms with E-state index in [2.05, 4.69) is 16.0 Å². The summed E-state index contributed by atoms with van der Waals surface area (Å²) in [5.41, 5.74) is 11.0. The van der Waals surface area contributed by atoms with Gasteiger partial charge in [-0.05, 0) is 24.6 Å². The van der Waals surface area contributed by atoms with Gasteiger partial charge in [0.15, 0.2) is 0 Å². The number of carboxylic acid groups (broad SMARTS) is 1. The molecule has 0 bridgehead atoms. The maximum atomic E-state index is 12.3. The van der Waals surface area contributed by atoms with Crippen molar-refractivity contribution >= 4 is 29.6 Å². The average molecular weight is 453 g/mol. The number of aliphatic hydroxyl groups is 1. The van der Waals surface area contributed by atoms with Gasteiger partial charge in [-0.2, -0.15) is 0 Å². The third kappa shape index (κ3) is 8.57. The van der Waals surface area contributed by atoms with Gasteiger partial charge in [0, 0.05) is 6.42 Å². The summed E-state index contributed by atoms with van der Waals surface area (Å²) in [5, 5.41) is 34.7. The fourth-order valence-electron chi connectivity index (χ4n) is 2.53. The fourth-order valence-corrected chi connectivity index (χ4v) is 2.53. The lowest BCUT2D eigenvalue weighted by molar-refractivity contribution is -0.142. The quantitative estimate of drug-likeness (QED) is 0.158. The van der Waals surface area contributed by atoms with Gasteiger partial charge >= 0.3 is 5.97 Å². The van der Waals surface area contributed by atoms with Gasteiger partial charge in [-0.15, -0.1) is 0 Å². The molecule has 0 spiro atoms. The van der Waals surface area contributed by atoms with Crippen molar-refractivity contribution in [3.63, 3.8) is 0 Å². The van der Waals surface area contributed by atoms with Gasteiger partial charge in [0.2, 0.25) is 23.6 Å². The topological polar surface area (TPSA) is 234 Å². The molecule has 1 aromatic carbocycles. The second kappa shape index (κ2) is 12.2. The van der Waals surface area contributed by atoms with Crippen LogP contribution in [0.5, 0.6) is 5.75 Å². The average Bonchev–Trinajstić information content (AvgIpc) is 2.71. The maximum absolute atomic E-state index is 12.3. The van der Waals surface area contributed by atoms with Gasteiger partial charge in [0.25, 0.3) is 0 Å². The number of amides is 4. The molecule has 10 N–H and O–H groups in total. The summed E-state index contributed by atoms with van der Waals surface area (Å²) < 4.78 is 0. The van der Waals surface area contributed by atoms with Crippen molar-refractivity contribution in [3.8, 4) is 5.75 Å². The van der Waals surface area contributed by atoms with Gasteiger partial charge in [0.1, 0.15) is 23.9 Å². The number of carbonyl (C=O) groups excluding carboxylic acids is 4. The summed E-state index contributed by atoms with van der Waals surface area (Å²) in [5.74, 6) is -4.80. The molecule has 13 heteroatoms. The number of hydrogen-bond acceptors (Lipinski definition) is 8. The van der Waals surface area contributed by atoms with E-state index in [9.17, 15) is 39.3 Å². The molecule has 4 amide bonds. The number of hydrogen-bond donors (Lipinski definition) is 8. The van der Waals surface area contributed by atoms with Gasteiger partial charge in [-0.25, -0.2) is 4.79 Å². The van der Waals surface area contributed by atoms with E-state index >= 15 is 0 Å². The van der Waals surface area contributed by atoms with Crippen LogP contribution in [0.3, 0.4) is 0 Å². The fraction of sp³-hybridized carbons (Fsp3) is 0.421. The Labute approximate surface area is 183 Å². The summed E-state index contributed by atoms with van der Waals surface area (Å²) in [7, 11) is 0. The summed E-state index contributed by atoms with van der Waals surface area (Å²) >= 11 is 0. The van der Waals surface area contributed by atoms with E-state index in [0.29, 0.717) is 5.56 Å². The zero-order chi connectivity index (χ0) is 24.4. The van der Waals surface area contributed by atoms with Crippen LogP contribution in [0.25, 0.3) is 0 Å². The lowest BCUT2D eigenvalue weighted by Crippen LogP contribution is -2.57. The zero-order valence-corrected chi connectivity index (χ0v) is 17.3. The molecule has 4 unspecified atom stereocenters. The standard InChI is InChI=1S/C19H27N5O8/c1-9(22-18(30)14(8-25)24-17(29)12(20)7-15(21)27)16(28)23-13(19(31)32)6-10-2-4-11(26)5-3-10/h2-5,9,12-14,25-26H,6-8,20H2,1H3,(H2,21,27)(H,22,30)(H,23,28)(H,24,29)(H,31,32). The molecule has 0 aliphatic rings. The van der Waals surface area contributed by atoms with Crippen LogP contribution in [0.2, 0.25) is 0 Å². The number of benzene rings is 1. The van der Waals surface area contributed by atoms with Crippen LogP contribution < -0.4 is 27.4 Å². The first-order valence-electron chi connectivity index (χ1n) is 9.51. The molecule has 32 heavy (non-hydrogen) atoms. The van der Waals surface area contributed by atoms with Crippen molar-refractivity contribution in [1.29, 1.82) is 0 Å². The minimum atomic E-state index is -1.47. The molecule has 0 aliphatic heterocycles. The number of nitrogens with one attached hydrogen (secondary N) is 3. The molecule has 0 heterocycles. The molecule has 13 nitrogen and oxygen atoms in total. The number of nitrogens with two attached hydrogens (primary N) is 2. The van der Waals surface area contributed by atoms with Crippen LogP contribution in [0.1, 0.15) is 18.9 Å². The predicted octanol–water partition coefficient (Wildman–Crippen LogP) is -3.31. The van der Waals surface area contributed by atoms with E-state index in [1.54, 1.807) is 0 Å². The predicted molar refractivity (Wildman–Crippen MR) is 110 cm³/mol. The molecule has 1 rings (SSSR count). The number of aliphatic hydroxyl groups excluding tert-OH is 1. The van der Waals surface area contributed by atoms with E-state index in [4.69, 9.17) is 11.5 Å². The van der Waals surface area contributed by atoms with Crippen molar-refractivity contribution in [3.05, 3.63) is 29.8 Å². The minimum Gasteiger partial charge on any atom is -0.508 e. The highest BCUT2D eigenvalue weighted by Crippen LogP contribution is 2.11. The van der Waals surface area contributed by atoms with Crippen molar-refractivity contribution < 1.29 is 39.3 Å². The van der Waals surface area contributed by atoms with Crippen molar-refractivity contribution in [2.75, 3.05) is 6.61 Å². The normalized spacial score (nSPS) is 14.3. The van der Waals surface area contributed by atoms with Crippen LogP contribution >= 0.6 is 0 Å². The van der Waals surface area contributed by atoms with Crippen LogP contribution in [0, 0.1) is 0 Å². The highest BCUT2D eigenvalue weighted by molar-refractivity contribution is 5.94. The smallest absolute Gasteiger partial charge is 0.326 e. The van der Waals surface area contributed by atoms with Crippen LogP contribution in [-0.4, -0.2) is 75.7 Å². The monoisotopic (exact) mass is 453 g/mol. The molecule has 4 atom stereocenters. The molecular weight excluding hydrogens is 426 g/mol. The largest absolute Gasteiger partial charge is 0.508 e. The van der Waals surface area contributed by atoms with Crippen molar-refractivity contribution in [2.24, 2.45) is 11.5 Å². The first kappa shape index (κ1) is 26.3. The Morgan fingerprint density at radius 1 is 0.938 bits per heavy atom. The maximum Gasteiger partial charge on any atom is 0.326 e. The number of carboxylic acids is 1. The Hall–Kier alpha value is -3.71. The number of phenols is 1. The number of rotatable bonds is 12. The van der Waals surface area contributed by atoms with E-state index in [-0.39, 0.29) is 12.2 Å². The molecule has 0 aliphatic carbocycles.